The van der Waals surface area contributed by atoms with E-state index in [1.807, 2.05) is 18.2 Å². The Morgan fingerprint density at radius 1 is 1.17 bits per heavy atom. The van der Waals surface area contributed by atoms with Crippen LogP contribution in [0.1, 0.15) is 12.0 Å². The van der Waals surface area contributed by atoms with Crippen molar-refractivity contribution in [3.63, 3.8) is 0 Å². The molecular formula is C20H26F3IN6. The molecule has 0 bridgehead atoms. The number of nitrogens with one attached hydrogen (secondary N) is 3. The third-order valence-corrected chi connectivity index (χ3v) is 4.70. The Balaban J connectivity index is 0.00000320. The van der Waals surface area contributed by atoms with Gasteiger partial charge in [-0.15, -0.1) is 24.0 Å². The van der Waals surface area contributed by atoms with Gasteiger partial charge >= 0.3 is 6.18 Å². The van der Waals surface area contributed by atoms with Crippen LogP contribution < -0.4 is 20.9 Å². The summed E-state index contributed by atoms with van der Waals surface area (Å²) in [6.45, 7) is 2.51. The van der Waals surface area contributed by atoms with Gasteiger partial charge in [0.25, 0.3) is 0 Å². The molecule has 1 aromatic heterocycles. The van der Waals surface area contributed by atoms with E-state index in [2.05, 4.69) is 43.0 Å². The van der Waals surface area contributed by atoms with Gasteiger partial charge in [0.15, 0.2) is 5.96 Å². The van der Waals surface area contributed by atoms with Gasteiger partial charge in [0.2, 0.25) is 0 Å². The zero-order valence-electron chi connectivity index (χ0n) is 16.6. The highest BCUT2D eigenvalue weighted by molar-refractivity contribution is 14.0. The summed E-state index contributed by atoms with van der Waals surface area (Å²) in [7, 11) is 1.67. The summed E-state index contributed by atoms with van der Waals surface area (Å²) < 4.78 is 39.0. The van der Waals surface area contributed by atoms with Crippen molar-refractivity contribution in [3.8, 4) is 0 Å². The van der Waals surface area contributed by atoms with Crippen LogP contribution in [0.15, 0.2) is 53.7 Å². The van der Waals surface area contributed by atoms with Gasteiger partial charge in [0, 0.05) is 51.2 Å². The minimum absolute atomic E-state index is 0. The molecule has 0 amide bonds. The molecule has 10 heteroatoms. The lowest BCUT2D eigenvalue weighted by Gasteiger charge is -2.20. The van der Waals surface area contributed by atoms with E-state index in [-0.39, 0.29) is 42.4 Å². The van der Waals surface area contributed by atoms with E-state index >= 15 is 0 Å². The molecule has 2 heterocycles. The standard InChI is InChI=1S/C20H25F3N6.HI/c1-24-19(28-15-9-13-29(14-15)16-6-3-2-4-7-16)27-12-11-26-18-17(20(21,22)23)8-5-10-25-18;/h2-8,10,15H,9,11-14H2,1H3,(H,25,26)(H2,24,27,28);1H. The molecular weight excluding hydrogens is 508 g/mol. The number of nitrogens with zero attached hydrogens (tertiary/aromatic N) is 3. The number of pyridine rings is 1. The average molecular weight is 534 g/mol. The largest absolute Gasteiger partial charge is 0.419 e. The minimum Gasteiger partial charge on any atom is -0.369 e. The highest BCUT2D eigenvalue weighted by Crippen LogP contribution is 2.33. The highest BCUT2D eigenvalue weighted by atomic mass is 127. The van der Waals surface area contributed by atoms with Crippen LogP contribution in [-0.2, 0) is 6.18 Å². The lowest BCUT2D eigenvalue weighted by Crippen LogP contribution is -2.45. The Morgan fingerprint density at radius 3 is 2.63 bits per heavy atom. The number of aliphatic imine (C=N–C) groups is 1. The van der Waals surface area contributed by atoms with E-state index < -0.39 is 11.7 Å². The molecule has 1 saturated heterocycles. The molecule has 30 heavy (non-hydrogen) atoms. The lowest BCUT2D eigenvalue weighted by atomic mass is 10.2. The zero-order valence-corrected chi connectivity index (χ0v) is 18.9. The topological polar surface area (TPSA) is 64.6 Å². The van der Waals surface area contributed by atoms with Crippen LogP contribution in [0.4, 0.5) is 24.7 Å². The molecule has 6 nitrogen and oxygen atoms in total. The SMILES string of the molecule is CN=C(NCCNc1ncccc1C(F)(F)F)NC1CCN(c2ccccc2)C1.I. The summed E-state index contributed by atoms with van der Waals surface area (Å²) in [5.41, 5.74) is 0.425. The van der Waals surface area contributed by atoms with E-state index in [1.165, 1.54) is 18.0 Å². The van der Waals surface area contributed by atoms with Crippen LogP contribution in [0, 0.1) is 0 Å². The molecule has 3 N–H and O–H groups in total. The number of alkyl halides is 3. The second kappa shape index (κ2) is 11.2. The van der Waals surface area contributed by atoms with E-state index in [0.717, 1.165) is 25.6 Å². The van der Waals surface area contributed by atoms with Crippen LogP contribution in [0.25, 0.3) is 0 Å². The van der Waals surface area contributed by atoms with Crippen molar-refractivity contribution in [3.05, 3.63) is 54.2 Å². The van der Waals surface area contributed by atoms with Gasteiger partial charge in [-0.2, -0.15) is 13.2 Å². The Labute approximate surface area is 191 Å². The molecule has 3 rings (SSSR count). The maximum Gasteiger partial charge on any atom is 0.419 e. The number of guanidine groups is 1. The number of benzene rings is 1. The first-order valence-corrected chi connectivity index (χ1v) is 9.50. The van der Waals surface area contributed by atoms with Crippen molar-refractivity contribution in [2.75, 3.05) is 43.4 Å². The first-order chi connectivity index (χ1) is 14.0. The third kappa shape index (κ3) is 6.64. The van der Waals surface area contributed by atoms with Crippen LogP contribution >= 0.6 is 24.0 Å². The zero-order chi connectivity index (χ0) is 20.7. The fourth-order valence-electron chi connectivity index (χ4n) is 3.28. The van der Waals surface area contributed by atoms with E-state index in [0.29, 0.717) is 12.5 Å². The smallest absolute Gasteiger partial charge is 0.369 e. The Bertz CT molecular complexity index is 816. The van der Waals surface area contributed by atoms with Crippen molar-refractivity contribution in [1.82, 2.24) is 15.6 Å². The van der Waals surface area contributed by atoms with Gasteiger partial charge in [0.05, 0.1) is 5.56 Å². The van der Waals surface area contributed by atoms with Gasteiger partial charge in [-0.25, -0.2) is 4.98 Å². The minimum atomic E-state index is -4.44. The summed E-state index contributed by atoms with van der Waals surface area (Å²) in [6.07, 6.45) is -2.12. The normalized spacial score (nSPS) is 16.7. The molecule has 0 aliphatic carbocycles. The number of anilines is 2. The first-order valence-electron chi connectivity index (χ1n) is 9.50. The molecule has 0 saturated carbocycles. The molecule has 1 aromatic carbocycles. The summed E-state index contributed by atoms with van der Waals surface area (Å²) in [6, 6.07) is 12.8. The molecule has 1 unspecified atom stereocenters. The monoisotopic (exact) mass is 534 g/mol. The Kier molecular flexibility index (Phi) is 9.00. The predicted molar refractivity (Wildman–Crippen MR) is 125 cm³/mol. The second-order valence-corrected chi connectivity index (χ2v) is 6.73. The maximum absolute atomic E-state index is 13.0. The maximum atomic E-state index is 13.0. The van der Waals surface area contributed by atoms with Crippen molar-refractivity contribution >= 4 is 41.4 Å². The Morgan fingerprint density at radius 2 is 1.93 bits per heavy atom. The van der Waals surface area contributed by atoms with Crippen LogP contribution in [0.3, 0.4) is 0 Å². The molecule has 164 valence electrons. The summed E-state index contributed by atoms with van der Waals surface area (Å²) >= 11 is 0. The molecule has 0 radical (unpaired) electrons. The van der Waals surface area contributed by atoms with Gasteiger partial charge in [-0.1, -0.05) is 18.2 Å². The van der Waals surface area contributed by atoms with Crippen LogP contribution in [-0.4, -0.2) is 50.2 Å². The molecule has 1 fully saturated rings. The highest BCUT2D eigenvalue weighted by Gasteiger charge is 2.33. The third-order valence-electron chi connectivity index (χ3n) is 4.70. The fraction of sp³-hybridized carbons (Fsp3) is 0.400. The molecule has 2 aromatic rings. The number of hydrogen-bond acceptors (Lipinski definition) is 4. The van der Waals surface area contributed by atoms with E-state index in [9.17, 15) is 13.2 Å². The van der Waals surface area contributed by atoms with Crippen molar-refractivity contribution in [2.24, 2.45) is 4.99 Å². The van der Waals surface area contributed by atoms with Crippen LogP contribution in [0.5, 0.6) is 0 Å². The van der Waals surface area contributed by atoms with E-state index in [4.69, 9.17) is 0 Å². The van der Waals surface area contributed by atoms with E-state index in [1.54, 1.807) is 7.05 Å². The van der Waals surface area contributed by atoms with Crippen molar-refractivity contribution in [2.45, 2.75) is 18.6 Å². The second-order valence-electron chi connectivity index (χ2n) is 6.73. The molecule has 1 aliphatic heterocycles. The average Bonchev–Trinajstić information content (AvgIpc) is 3.19. The van der Waals surface area contributed by atoms with Crippen molar-refractivity contribution in [1.29, 1.82) is 0 Å². The number of hydrogen-bond donors (Lipinski definition) is 3. The first kappa shape index (κ1) is 24.0. The lowest BCUT2D eigenvalue weighted by molar-refractivity contribution is -0.137. The van der Waals surface area contributed by atoms with Gasteiger partial charge in [0.1, 0.15) is 5.82 Å². The number of para-hydroxylation sites is 1. The predicted octanol–water partition coefficient (Wildman–Crippen LogP) is 3.57. The molecule has 1 atom stereocenters. The number of halogens is 4. The summed E-state index contributed by atoms with van der Waals surface area (Å²) in [5.74, 6) is 0.461. The summed E-state index contributed by atoms with van der Waals surface area (Å²) in [5, 5.41) is 9.24. The van der Waals surface area contributed by atoms with Gasteiger partial charge in [-0.3, -0.25) is 4.99 Å². The number of aromatic nitrogens is 1. The number of rotatable bonds is 6. The van der Waals surface area contributed by atoms with Gasteiger partial charge in [-0.05, 0) is 30.7 Å². The van der Waals surface area contributed by atoms with Crippen LogP contribution in [0.2, 0.25) is 0 Å². The van der Waals surface area contributed by atoms with Gasteiger partial charge < -0.3 is 20.9 Å². The quantitative estimate of drug-likeness (QED) is 0.229. The fourth-order valence-corrected chi connectivity index (χ4v) is 3.28. The Hall–Kier alpha value is -2.24. The summed E-state index contributed by atoms with van der Waals surface area (Å²) in [4.78, 5) is 10.3. The molecule has 1 aliphatic rings. The molecule has 0 spiro atoms. The van der Waals surface area contributed by atoms with Crippen molar-refractivity contribution < 1.29 is 13.2 Å².